The number of nitrogens with one attached hydrogen (secondary N) is 1. The number of hydrogen-bond acceptors (Lipinski definition) is 5. The van der Waals surface area contributed by atoms with Crippen LogP contribution in [0, 0.1) is 0 Å². The average Bonchev–Trinajstić information content (AvgIpc) is 2.88. The van der Waals surface area contributed by atoms with Gasteiger partial charge in [0.1, 0.15) is 12.1 Å². The topological polar surface area (TPSA) is 105 Å². The smallest absolute Gasteiger partial charge is 0.243 e. The monoisotopic (exact) mass is 334 g/mol. The Labute approximate surface area is 138 Å². The van der Waals surface area contributed by atoms with E-state index in [1.54, 1.807) is 6.92 Å². The summed E-state index contributed by atoms with van der Waals surface area (Å²) in [6, 6.07) is 7.61. The first-order valence-corrected chi connectivity index (χ1v) is 8.07. The first-order valence-electron chi connectivity index (χ1n) is 7.08. The first-order chi connectivity index (χ1) is 10.9. The number of hydrogen-bond donors (Lipinski definition) is 2. The third kappa shape index (κ3) is 4.10. The van der Waals surface area contributed by atoms with Crippen molar-refractivity contribution in [2.75, 3.05) is 5.75 Å². The van der Waals surface area contributed by atoms with Gasteiger partial charge in [-0.25, -0.2) is 4.99 Å². The standard InChI is InChI=1S/C15H18N4O3S/c1-9(13(16)21)17-14(22)10(2)19-12(20)8-23-15(19)18-11-6-4-3-5-7-11/h3-7,9-10H,8H2,1-2H3,(H2,16,21)(H,17,22)/b18-15-/t9?,10-/m0/s1. The van der Waals surface area contributed by atoms with Crippen LogP contribution in [0.25, 0.3) is 0 Å². The third-order valence-electron chi connectivity index (χ3n) is 3.33. The van der Waals surface area contributed by atoms with Gasteiger partial charge in [0, 0.05) is 0 Å². The molecule has 1 fully saturated rings. The molecular weight excluding hydrogens is 316 g/mol. The summed E-state index contributed by atoms with van der Waals surface area (Å²) in [5.41, 5.74) is 5.83. The molecule has 0 bridgehead atoms. The van der Waals surface area contributed by atoms with Gasteiger partial charge in [0.25, 0.3) is 0 Å². The van der Waals surface area contributed by atoms with Crippen LogP contribution in [0.3, 0.4) is 0 Å². The maximum absolute atomic E-state index is 12.2. The van der Waals surface area contributed by atoms with Crippen LogP contribution in [0.1, 0.15) is 13.8 Å². The van der Waals surface area contributed by atoms with Crippen LogP contribution in [0.15, 0.2) is 35.3 Å². The summed E-state index contributed by atoms with van der Waals surface area (Å²) in [6.07, 6.45) is 0. The summed E-state index contributed by atoms with van der Waals surface area (Å²) in [5.74, 6) is -1.05. The fraction of sp³-hybridized carbons (Fsp3) is 0.333. The number of amides is 3. The molecule has 7 nitrogen and oxygen atoms in total. The lowest BCUT2D eigenvalue weighted by Gasteiger charge is -2.24. The number of aliphatic imine (C=N–C) groups is 1. The van der Waals surface area contributed by atoms with Crippen molar-refractivity contribution in [3.63, 3.8) is 0 Å². The molecule has 0 aromatic heterocycles. The molecule has 1 unspecified atom stereocenters. The van der Waals surface area contributed by atoms with Crippen molar-refractivity contribution >= 4 is 40.3 Å². The van der Waals surface area contributed by atoms with Crippen LogP contribution < -0.4 is 11.1 Å². The molecule has 23 heavy (non-hydrogen) atoms. The lowest BCUT2D eigenvalue weighted by atomic mass is 10.2. The van der Waals surface area contributed by atoms with Gasteiger partial charge in [-0.15, -0.1) is 0 Å². The van der Waals surface area contributed by atoms with Gasteiger partial charge >= 0.3 is 0 Å². The molecule has 8 heteroatoms. The maximum atomic E-state index is 12.2. The zero-order valence-corrected chi connectivity index (χ0v) is 13.7. The zero-order valence-electron chi connectivity index (χ0n) is 12.9. The van der Waals surface area contributed by atoms with Crippen molar-refractivity contribution in [2.24, 2.45) is 10.7 Å². The fourth-order valence-electron chi connectivity index (χ4n) is 1.98. The second-order valence-corrected chi connectivity index (χ2v) is 6.03. The number of nitrogens with two attached hydrogens (primary N) is 1. The summed E-state index contributed by atoms with van der Waals surface area (Å²) in [5, 5.41) is 2.96. The van der Waals surface area contributed by atoms with Crippen LogP contribution in [0.2, 0.25) is 0 Å². The second-order valence-electron chi connectivity index (χ2n) is 5.09. The van der Waals surface area contributed by atoms with Gasteiger partial charge in [-0.1, -0.05) is 30.0 Å². The summed E-state index contributed by atoms with van der Waals surface area (Å²) in [4.78, 5) is 41.1. The fourth-order valence-corrected chi connectivity index (χ4v) is 2.94. The van der Waals surface area contributed by atoms with Gasteiger partial charge in [-0.3, -0.25) is 19.3 Å². The van der Waals surface area contributed by atoms with Crippen molar-refractivity contribution in [1.29, 1.82) is 0 Å². The maximum Gasteiger partial charge on any atom is 0.243 e. The van der Waals surface area contributed by atoms with E-state index in [-0.39, 0.29) is 11.7 Å². The minimum absolute atomic E-state index is 0.195. The third-order valence-corrected chi connectivity index (χ3v) is 4.27. The highest BCUT2D eigenvalue weighted by molar-refractivity contribution is 8.15. The Bertz CT molecular complexity index is 647. The van der Waals surface area contributed by atoms with E-state index in [0.29, 0.717) is 10.9 Å². The van der Waals surface area contributed by atoms with Gasteiger partial charge in [-0.05, 0) is 26.0 Å². The molecule has 1 aromatic carbocycles. The minimum atomic E-state index is -0.801. The number of rotatable bonds is 5. The van der Waals surface area contributed by atoms with E-state index in [0.717, 1.165) is 0 Å². The summed E-state index contributed by atoms with van der Waals surface area (Å²) in [7, 11) is 0. The Hall–Kier alpha value is -2.35. The van der Waals surface area contributed by atoms with Gasteiger partial charge < -0.3 is 11.1 Å². The van der Waals surface area contributed by atoms with E-state index in [9.17, 15) is 14.4 Å². The highest BCUT2D eigenvalue weighted by Crippen LogP contribution is 2.25. The molecule has 0 radical (unpaired) electrons. The Morgan fingerprint density at radius 2 is 1.96 bits per heavy atom. The van der Waals surface area contributed by atoms with Crippen molar-refractivity contribution in [1.82, 2.24) is 10.2 Å². The van der Waals surface area contributed by atoms with E-state index in [2.05, 4.69) is 10.3 Å². The Balaban J connectivity index is 2.17. The molecule has 2 rings (SSSR count). The molecule has 2 atom stereocenters. The number of thioether (sulfide) groups is 1. The van der Waals surface area contributed by atoms with Crippen molar-refractivity contribution in [2.45, 2.75) is 25.9 Å². The van der Waals surface area contributed by atoms with Crippen molar-refractivity contribution in [3.8, 4) is 0 Å². The van der Waals surface area contributed by atoms with E-state index in [1.807, 2.05) is 30.3 Å². The van der Waals surface area contributed by atoms with Crippen LogP contribution >= 0.6 is 11.8 Å². The molecule has 0 spiro atoms. The molecule has 122 valence electrons. The Morgan fingerprint density at radius 1 is 1.30 bits per heavy atom. The van der Waals surface area contributed by atoms with Crippen molar-refractivity contribution in [3.05, 3.63) is 30.3 Å². The van der Waals surface area contributed by atoms with Crippen LogP contribution in [-0.4, -0.2) is 45.6 Å². The quantitative estimate of drug-likeness (QED) is 0.824. The predicted octanol–water partition coefficient (Wildman–Crippen LogP) is 0.628. The van der Waals surface area contributed by atoms with Gasteiger partial charge in [0.2, 0.25) is 17.7 Å². The highest BCUT2D eigenvalue weighted by atomic mass is 32.2. The average molecular weight is 334 g/mol. The molecule has 3 N–H and O–H groups in total. The summed E-state index contributed by atoms with van der Waals surface area (Å²) < 4.78 is 0. The number of primary amides is 1. The predicted molar refractivity (Wildman–Crippen MR) is 89.1 cm³/mol. The lowest BCUT2D eigenvalue weighted by Crippen LogP contribution is -2.52. The van der Waals surface area contributed by atoms with Crippen molar-refractivity contribution < 1.29 is 14.4 Å². The first kappa shape index (κ1) is 17.0. The van der Waals surface area contributed by atoms with Crippen LogP contribution in [0.4, 0.5) is 5.69 Å². The van der Waals surface area contributed by atoms with E-state index < -0.39 is 23.9 Å². The van der Waals surface area contributed by atoms with Gasteiger partial charge in [-0.2, -0.15) is 0 Å². The SMILES string of the molecule is CC(NC(=O)[C@H](C)N1C(=O)CS/C1=N\c1ccccc1)C(N)=O. The molecule has 1 saturated heterocycles. The minimum Gasteiger partial charge on any atom is -0.368 e. The summed E-state index contributed by atoms with van der Waals surface area (Å²) in [6.45, 7) is 3.08. The molecule has 0 saturated carbocycles. The number of carbonyl (C=O) groups excluding carboxylic acids is 3. The number of amidine groups is 1. The zero-order chi connectivity index (χ0) is 17.0. The highest BCUT2D eigenvalue weighted by Gasteiger charge is 2.36. The van der Waals surface area contributed by atoms with Gasteiger partial charge in [0.15, 0.2) is 5.17 Å². The number of benzene rings is 1. The van der Waals surface area contributed by atoms with E-state index in [1.165, 1.54) is 23.6 Å². The second kappa shape index (κ2) is 7.28. The van der Waals surface area contributed by atoms with Crippen LogP contribution in [-0.2, 0) is 14.4 Å². The Kier molecular flexibility index (Phi) is 5.38. The number of para-hydroxylation sites is 1. The lowest BCUT2D eigenvalue weighted by molar-refractivity contribution is -0.134. The normalized spacial score (nSPS) is 18.8. The Morgan fingerprint density at radius 3 is 2.57 bits per heavy atom. The molecular formula is C15H18N4O3S. The molecule has 3 amide bonds. The molecule has 1 aliphatic rings. The summed E-state index contributed by atoms with van der Waals surface area (Å²) >= 11 is 1.28. The van der Waals surface area contributed by atoms with E-state index in [4.69, 9.17) is 5.73 Å². The number of nitrogens with zero attached hydrogens (tertiary/aromatic N) is 2. The molecule has 0 aliphatic carbocycles. The van der Waals surface area contributed by atoms with Gasteiger partial charge in [0.05, 0.1) is 11.4 Å². The largest absolute Gasteiger partial charge is 0.368 e. The number of carbonyl (C=O) groups is 3. The van der Waals surface area contributed by atoms with E-state index >= 15 is 0 Å². The van der Waals surface area contributed by atoms with Crippen LogP contribution in [0.5, 0.6) is 0 Å². The molecule has 1 heterocycles. The molecule has 1 aromatic rings. The molecule has 1 aliphatic heterocycles.